The lowest BCUT2D eigenvalue weighted by molar-refractivity contribution is -0.316. The van der Waals surface area contributed by atoms with Crippen LogP contribution in [0.4, 0.5) is 0 Å². The maximum absolute atomic E-state index is 10.9. The van der Waals surface area contributed by atoms with Gasteiger partial charge in [0.05, 0.1) is 5.57 Å². The summed E-state index contributed by atoms with van der Waals surface area (Å²) in [5.41, 5.74) is -1.38. The number of hydrogen-bond acceptors (Lipinski definition) is 8. The number of carboxylic acid groups (broad SMARTS) is 2. The molecule has 0 fully saturated rings. The molecule has 0 atom stereocenters. The Labute approximate surface area is 150 Å². The third-order valence-corrected chi connectivity index (χ3v) is 2.11. The predicted molar refractivity (Wildman–Crippen MR) is 87.6 cm³/mol. The molecule has 26 heavy (non-hydrogen) atoms. The average molecular weight is 376 g/mol. The van der Waals surface area contributed by atoms with Crippen LogP contribution in [-0.2, 0) is 33.8 Å². The fraction of sp³-hybridized carbons (Fsp3) is 0.500. The van der Waals surface area contributed by atoms with Gasteiger partial charge in [-0.05, 0) is 26.2 Å². The molecule has 3 N–H and O–H groups in total. The lowest BCUT2D eigenvalue weighted by Gasteiger charge is -2.18. The van der Waals surface area contributed by atoms with E-state index in [1.807, 2.05) is 0 Å². The summed E-state index contributed by atoms with van der Waals surface area (Å²) >= 11 is 0. The van der Waals surface area contributed by atoms with Gasteiger partial charge >= 0.3 is 23.9 Å². The first-order chi connectivity index (χ1) is 11.6. The molecule has 0 unspecified atom stereocenters. The maximum atomic E-state index is 10.9. The van der Waals surface area contributed by atoms with Gasteiger partial charge in [0.15, 0.2) is 0 Å². The first-order valence-corrected chi connectivity index (χ1v) is 7.21. The van der Waals surface area contributed by atoms with Crippen LogP contribution < -0.4 is 0 Å². The molecule has 0 heterocycles. The van der Waals surface area contributed by atoms with E-state index < -0.39 is 34.9 Å². The quantitative estimate of drug-likeness (QED) is 0.368. The molecule has 0 radical (unpaired) electrons. The highest BCUT2D eigenvalue weighted by Gasteiger charge is 2.26. The highest BCUT2D eigenvalue weighted by atomic mass is 17.2. The Morgan fingerprint density at radius 3 is 1.65 bits per heavy atom. The van der Waals surface area contributed by atoms with Gasteiger partial charge in [0, 0.05) is 18.2 Å². The minimum atomic E-state index is -1.25. The monoisotopic (exact) mass is 376 g/mol. The summed E-state index contributed by atoms with van der Waals surface area (Å²) in [6.07, 6.45) is 2.17. The molecule has 0 aliphatic carbocycles. The van der Waals surface area contributed by atoms with E-state index in [4.69, 9.17) is 15.5 Å². The smallest absolute Gasteiger partial charge is 0.369 e. The molecule has 0 saturated heterocycles. The summed E-state index contributed by atoms with van der Waals surface area (Å²) in [4.78, 5) is 54.2. The van der Waals surface area contributed by atoms with Crippen molar-refractivity contribution in [2.24, 2.45) is 5.41 Å². The van der Waals surface area contributed by atoms with Gasteiger partial charge in [0.1, 0.15) is 5.60 Å². The van der Waals surface area contributed by atoms with Crippen molar-refractivity contribution in [1.29, 1.82) is 0 Å². The van der Waals surface area contributed by atoms with E-state index in [1.54, 1.807) is 41.5 Å². The van der Waals surface area contributed by atoms with Crippen LogP contribution in [-0.4, -0.2) is 44.9 Å². The largest absolute Gasteiger partial charge is 0.478 e. The van der Waals surface area contributed by atoms with E-state index in [1.165, 1.54) is 0 Å². The number of rotatable bonds is 5. The normalized spacial score (nSPS) is 12.0. The van der Waals surface area contributed by atoms with Crippen molar-refractivity contribution in [3.8, 4) is 0 Å². The Morgan fingerprint density at radius 1 is 0.846 bits per heavy atom. The zero-order valence-corrected chi connectivity index (χ0v) is 15.4. The second-order valence-corrected chi connectivity index (χ2v) is 6.79. The minimum absolute atomic E-state index is 0.0949. The Balaban J connectivity index is 0. The van der Waals surface area contributed by atoms with E-state index >= 15 is 0 Å². The van der Waals surface area contributed by atoms with E-state index in [9.17, 15) is 19.2 Å². The third-order valence-electron chi connectivity index (χ3n) is 2.11. The van der Waals surface area contributed by atoms with Gasteiger partial charge in [-0.25, -0.2) is 19.2 Å². The molecular weight excluding hydrogens is 352 g/mol. The van der Waals surface area contributed by atoms with Crippen molar-refractivity contribution in [3.63, 3.8) is 0 Å². The molecule has 148 valence electrons. The molecule has 0 aromatic carbocycles. The molecule has 10 nitrogen and oxygen atoms in total. The van der Waals surface area contributed by atoms with Crippen LogP contribution in [0.1, 0.15) is 41.5 Å². The summed E-state index contributed by atoms with van der Waals surface area (Å²) in [7, 11) is 0. The Bertz CT molecular complexity index is 573. The van der Waals surface area contributed by atoms with Crippen molar-refractivity contribution in [1.82, 2.24) is 0 Å². The maximum Gasteiger partial charge on any atom is 0.369 e. The third kappa shape index (κ3) is 14.8. The molecule has 0 aliphatic heterocycles. The molecular formula is C16H24O10. The highest BCUT2D eigenvalue weighted by molar-refractivity contribution is 5.96. The summed E-state index contributed by atoms with van der Waals surface area (Å²) in [5, 5.41) is 24.7. The number of carboxylic acids is 2. The van der Waals surface area contributed by atoms with Crippen LogP contribution in [0.25, 0.3) is 0 Å². The zero-order valence-electron chi connectivity index (χ0n) is 15.4. The van der Waals surface area contributed by atoms with Crippen LogP contribution >= 0.6 is 0 Å². The van der Waals surface area contributed by atoms with Crippen LogP contribution in [0.15, 0.2) is 23.8 Å². The lowest BCUT2D eigenvalue weighted by Crippen LogP contribution is -2.21. The SMILES string of the molecule is CC(C)(C)/C(=C/C(=O)O)C(=O)OO.CC(C)(C)OOC(=O)/C=C\C(=O)O. The zero-order chi connectivity index (χ0) is 21.1. The summed E-state index contributed by atoms with van der Waals surface area (Å²) < 4.78 is 0. The van der Waals surface area contributed by atoms with Gasteiger partial charge in [0.2, 0.25) is 0 Å². The fourth-order valence-corrected chi connectivity index (χ4v) is 1.09. The van der Waals surface area contributed by atoms with E-state index in [0.29, 0.717) is 6.08 Å². The second kappa shape index (κ2) is 11.0. The van der Waals surface area contributed by atoms with Gasteiger partial charge in [-0.2, -0.15) is 10.1 Å². The number of carbonyl (C=O) groups is 4. The minimum Gasteiger partial charge on any atom is -0.478 e. The van der Waals surface area contributed by atoms with Gasteiger partial charge in [-0.1, -0.05) is 20.8 Å². The molecule has 0 aromatic rings. The molecule has 0 rings (SSSR count). The van der Waals surface area contributed by atoms with E-state index in [0.717, 1.165) is 12.2 Å². The Hall–Kier alpha value is -2.72. The summed E-state index contributed by atoms with van der Waals surface area (Å²) in [6.45, 7) is 10.00. The average Bonchev–Trinajstić information content (AvgIpc) is 2.46. The molecule has 0 saturated carbocycles. The molecule has 0 aliphatic rings. The first-order valence-electron chi connectivity index (χ1n) is 7.21. The van der Waals surface area contributed by atoms with Crippen molar-refractivity contribution in [2.45, 2.75) is 47.1 Å². The number of carbonyl (C=O) groups excluding carboxylic acids is 2. The van der Waals surface area contributed by atoms with Crippen LogP contribution in [0.2, 0.25) is 0 Å². The lowest BCUT2D eigenvalue weighted by atomic mass is 9.86. The molecule has 10 heteroatoms. The molecule has 0 amide bonds. The molecule has 0 aromatic heterocycles. The van der Waals surface area contributed by atoms with Gasteiger partial charge < -0.3 is 10.2 Å². The molecule has 0 spiro atoms. The van der Waals surface area contributed by atoms with Gasteiger partial charge in [0.25, 0.3) is 0 Å². The highest BCUT2D eigenvalue weighted by Crippen LogP contribution is 2.25. The topological polar surface area (TPSA) is 157 Å². The second-order valence-electron chi connectivity index (χ2n) is 6.79. The van der Waals surface area contributed by atoms with Crippen LogP contribution in [0.3, 0.4) is 0 Å². The number of hydrogen-bond donors (Lipinski definition) is 3. The van der Waals surface area contributed by atoms with Crippen molar-refractivity contribution in [2.75, 3.05) is 0 Å². The van der Waals surface area contributed by atoms with E-state index in [-0.39, 0.29) is 5.57 Å². The predicted octanol–water partition coefficient (Wildman–Crippen LogP) is 1.96. The van der Waals surface area contributed by atoms with Gasteiger partial charge in [-0.15, -0.1) is 0 Å². The first kappa shape index (κ1) is 25.5. The summed E-state index contributed by atoms with van der Waals surface area (Å²) in [5.74, 6) is -4.37. The van der Waals surface area contributed by atoms with Crippen molar-refractivity contribution < 1.29 is 49.3 Å². The standard InChI is InChI=1S/2C8H12O5/c1-8(2,3)13-12-7(11)5-4-6(9)10;1-8(2,3)5(4-6(9)10)7(11)13-12/h4-5H,1-3H3,(H,9,10);4,12H,1-3H3,(H,9,10)/b5-4-;5-4+. The fourth-order valence-electron chi connectivity index (χ4n) is 1.09. The van der Waals surface area contributed by atoms with E-state index in [2.05, 4.69) is 14.7 Å². The van der Waals surface area contributed by atoms with Crippen LogP contribution in [0.5, 0.6) is 0 Å². The van der Waals surface area contributed by atoms with Crippen LogP contribution in [0, 0.1) is 5.41 Å². The molecule has 0 bridgehead atoms. The van der Waals surface area contributed by atoms with Crippen molar-refractivity contribution in [3.05, 3.63) is 23.8 Å². The van der Waals surface area contributed by atoms with Crippen molar-refractivity contribution >= 4 is 23.9 Å². The Kier molecular flexibility index (Phi) is 10.8. The Morgan fingerprint density at radius 2 is 1.35 bits per heavy atom. The number of aliphatic carboxylic acids is 2. The van der Waals surface area contributed by atoms with Gasteiger partial charge in [-0.3, -0.25) is 9.78 Å². The summed E-state index contributed by atoms with van der Waals surface area (Å²) in [6, 6.07) is 0.